The Morgan fingerprint density at radius 3 is 2.50 bits per heavy atom. The van der Waals surface area contributed by atoms with Gasteiger partial charge in [-0.15, -0.1) is 0 Å². The summed E-state index contributed by atoms with van der Waals surface area (Å²) in [5, 5.41) is 3.76. The number of nitrogens with one attached hydrogen (secondary N) is 1. The quantitative estimate of drug-likeness (QED) is 0.883. The number of benzene rings is 2. The molecule has 0 saturated heterocycles. The van der Waals surface area contributed by atoms with Crippen molar-refractivity contribution in [2.24, 2.45) is 0 Å². The smallest absolute Gasteiger partial charge is 0.0111 e. The summed E-state index contributed by atoms with van der Waals surface area (Å²) >= 11 is 0. The summed E-state index contributed by atoms with van der Waals surface area (Å²) in [6, 6.07) is 20.3. The van der Waals surface area contributed by atoms with E-state index in [9.17, 15) is 0 Å². The fourth-order valence-corrected chi connectivity index (χ4v) is 3.11. The average Bonchev–Trinajstić information content (AvgIpc) is 2.53. The number of fused-ring (bicyclic) bond motifs is 1. The van der Waals surface area contributed by atoms with Gasteiger partial charge in [0.05, 0.1) is 0 Å². The van der Waals surface area contributed by atoms with E-state index in [1.54, 1.807) is 5.56 Å². The van der Waals surface area contributed by atoms with Crippen LogP contribution in [0, 0.1) is 0 Å². The van der Waals surface area contributed by atoms with Gasteiger partial charge >= 0.3 is 0 Å². The molecule has 20 heavy (non-hydrogen) atoms. The van der Waals surface area contributed by atoms with Crippen molar-refractivity contribution in [3.05, 3.63) is 71.3 Å². The van der Waals surface area contributed by atoms with E-state index in [4.69, 9.17) is 0 Å². The first-order chi connectivity index (χ1) is 9.83. The van der Waals surface area contributed by atoms with Crippen LogP contribution in [0.4, 0.5) is 0 Å². The third-order valence-electron chi connectivity index (χ3n) is 4.43. The van der Waals surface area contributed by atoms with Crippen LogP contribution in [-0.2, 0) is 12.8 Å². The van der Waals surface area contributed by atoms with Gasteiger partial charge in [0.1, 0.15) is 0 Å². The van der Waals surface area contributed by atoms with E-state index in [-0.39, 0.29) is 0 Å². The molecular formula is C19H23N. The van der Waals surface area contributed by atoms with Crippen LogP contribution in [0.5, 0.6) is 0 Å². The highest BCUT2D eigenvalue weighted by Crippen LogP contribution is 2.22. The van der Waals surface area contributed by atoms with E-state index in [1.807, 2.05) is 0 Å². The molecule has 1 aliphatic rings. The molecule has 0 heterocycles. The summed E-state index contributed by atoms with van der Waals surface area (Å²) in [6.07, 6.45) is 3.66. The maximum atomic E-state index is 3.76. The SMILES string of the molecule is CC(CNC1CCc2ccccc2C1)c1ccccc1. The molecule has 1 nitrogen and oxygen atoms in total. The summed E-state index contributed by atoms with van der Waals surface area (Å²) in [5.74, 6) is 0.577. The second-order valence-electron chi connectivity index (χ2n) is 5.93. The highest BCUT2D eigenvalue weighted by atomic mass is 14.9. The topological polar surface area (TPSA) is 12.0 Å². The van der Waals surface area contributed by atoms with E-state index in [0.29, 0.717) is 12.0 Å². The molecule has 1 aliphatic carbocycles. The predicted molar refractivity (Wildman–Crippen MR) is 85.1 cm³/mol. The van der Waals surface area contributed by atoms with Crippen molar-refractivity contribution in [3.8, 4) is 0 Å². The van der Waals surface area contributed by atoms with E-state index >= 15 is 0 Å². The Bertz CT molecular complexity index is 547. The molecule has 3 rings (SSSR count). The van der Waals surface area contributed by atoms with Crippen molar-refractivity contribution in [3.63, 3.8) is 0 Å². The van der Waals surface area contributed by atoms with Gasteiger partial charge in [0.25, 0.3) is 0 Å². The molecular weight excluding hydrogens is 242 g/mol. The standard InChI is InChI=1S/C19H23N/c1-15(16-7-3-2-4-8-16)14-20-19-12-11-17-9-5-6-10-18(17)13-19/h2-10,15,19-20H,11-14H2,1H3. The minimum atomic E-state index is 0.577. The molecule has 0 radical (unpaired) electrons. The third-order valence-corrected chi connectivity index (χ3v) is 4.43. The number of hydrogen-bond acceptors (Lipinski definition) is 1. The van der Waals surface area contributed by atoms with Gasteiger partial charge in [0.2, 0.25) is 0 Å². The summed E-state index contributed by atoms with van der Waals surface area (Å²) in [4.78, 5) is 0. The highest BCUT2D eigenvalue weighted by Gasteiger charge is 2.18. The average molecular weight is 265 g/mol. The van der Waals surface area contributed by atoms with Gasteiger partial charge in [0.15, 0.2) is 0 Å². The molecule has 2 aromatic carbocycles. The number of hydrogen-bond donors (Lipinski definition) is 1. The van der Waals surface area contributed by atoms with Crippen LogP contribution in [-0.4, -0.2) is 12.6 Å². The first-order valence-corrected chi connectivity index (χ1v) is 7.68. The molecule has 104 valence electrons. The fourth-order valence-electron chi connectivity index (χ4n) is 3.11. The van der Waals surface area contributed by atoms with Crippen LogP contribution in [0.25, 0.3) is 0 Å². The normalized spacial score (nSPS) is 19.4. The fraction of sp³-hybridized carbons (Fsp3) is 0.368. The Labute approximate surface area is 122 Å². The lowest BCUT2D eigenvalue weighted by Crippen LogP contribution is -2.36. The lowest BCUT2D eigenvalue weighted by molar-refractivity contribution is 0.445. The van der Waals surface area contributed by atoms with Crippen molar-refractivity contribution in [2.75, 3.05) is 6.54 Å². The van der Waals surface area contributed by atoms with E-state index in [0.717, 1.165) is 6.54 Å². The van der Waals surface area contributed by atoms with Crippen LogP contribution in [0.15, 0.2) is 54.6 Å². The third kappa shape index (κ3) is 3.10. The Morgan fingerprint density at radius 1 is 1.00 bits per heavy atom. The van der Waals surface area contributed by atoms with E-state index < -0.39 is 0 Å². The van der Waals surface area contributed by atoms with Crippen LogP contribution < -0.4 is 5.32 Å². The van der Waals surface area contributed by atoms with Gasteiger partial charge in [0, 0.05) is 12.6 Å². The summed E-state index contributed by atoms with van der Waals surface area (Å²) in [7, 11) is 0. The summed E-state index contributed by atoms with van der Waals surface area (Å²) < 4.78 is 0. The van der Waals surface area contributed by atoms with Crippen molar-refractivity contribution in [1.29, 1.82) is 0 Å². The zero-order chi connectivity index (χ0) is 13.8. The number of rotatable bonds is 4. The Balaban J connectivity index is 1.55. The molecule has 0 saturated carbocycles. The zero-order valence-corrected chi connectivity index (χ0v) is 12.2. The highest BCUT2D eigenvalue weighted by molar-refractivity contribution is 5.30. The lowest BCUT2D eigenvalue weighted by Gasteiger charge is -2.27. The minimum absolute atomic E-state index is 0.577. The lowest BCUT2D eigenvalue weighted by atomic mass is 9.88. The largest absolute Gasteiger partial charge is 0.313 e. The molecule has 2 atom stereocenters. The van der Waals surface area contributed by atoms with Gasteiger partial charge in [-0.05, 0) is 41.9 Å². The zero-order valence-electron chi connectivity index (χ0n) is 12.2. The summed E-state index contributed by atoms with van der Waals surface area (Å²) in [5.41, 5.74) is 4.50. The molecule has 0 aromatic heterocycles. The molecule has 2 aromatic rings. The van der Waals surface area contributed by atoms with Gasteiger partial charge in [-0.1, -0.05) is 61.5 Å². The number of aryl methyl sites for hydroxylation is 1. The van der Waals surface area contributed by atoms with Crippen LogP contribution in [0.3, 0.4) is 0 Å². The Kier molecular flexibility index (Phi) is 4.17. The second-order valence-corrected chi connectivity index (χ2v) is 5.93. The van der Waals surface area contributed by atoms with Gasteiger partial charge in [-0.2, -0.15) is 0 Å². The van der Waals surface area contributed by atoms with Crippen LogP contribution in [0.1, 0.15) is 36.0 Å². The molecule has 1 heteroatoms. The molecule has 2 unspecified atom stereocenters. The molecule has 1 N–H and O–H groups in total. The van der Waals surface area contributed by atoms with Crippen molar-refractivity contribution in [1.82, 2.24) is 5.32 Å². The second kappa shape index (κ2) is 6.23. The Hall–Kier alpha value is -1.60. The monoisotopic (exact) mass is 265 g/mol. The van der Waals surface area contributed by atoms with Gasteiger partial charge < -0.3 is 5.32 Å². The maximum absolute atomic E-state index is 3.76. The van der Waals surface area contributed by atoms with Crippen molar-refractivity contribution in [2.45, 2.75) is 38.1 Å². The van der Waals surface area contributed by atoms with E-state index in [2.05, 4.69) is 66.8 Å². The van der Waals surface area contributed by atoms with Gasteiger partial charge in [-0.25, -0.2) is 0 Å². The molecule has 0 spiro atoms. The molecule has 0 fully saturated rings. The molecule has 0 amide bonds. The molecule has 0 bridgehead atoms. The van der Waals surface area contributed by atoms with Crippen molar-refractivity contribution >= 4 is 0 Å². The predicted octanol–water partition coefficient (Wildman–Crippen LogP) is 3.94. The summed E-state index contributed by atoms with van der Waals surface area (Å²) in [6.45, 7) is 3.37. The maximum Gasteiger partial charge on any atom is 0.0111 e. The molecule has 0 aliphatic heterocycles. The Morgan fingerprint density at radius 2 is 1.70 bits per heavy atom. The first kappa shape index (κ1) is 13.4. The minimum Gasteiger partial charge on any atom is -0.313 e. The van der Waals surface area contributed by atoms with Crippen LogP contribution in [0.2, 0.25) is 0 Å². The van der Waals surface area contributed by atoms with Crippen molar-refractivity contribution < 1.29 is 0 Å². The first-order valence-electron chi connectivity index (χ1n) is 7.68. The van der Waals surface area contributed by atoms with E-state index in [1.165, 1.54) is 30.4 Å². The van der Waals surface area contributed by atoms with Crippen LogP contribution >= 0.6 is 0 Å². The van der Waals surface area contributed by atoms with Gasteiger partial charge in [-0.3, -0.25) is 0 Å².